The van der Waals surface area contributed by atoms with Crippen LogP contribution in [0, 0.1) is 13.8 Å². The molecule has 2 aromatic rings. The number of ether oxygens (including phenoxy) is 1. The van der Waals surface area contributed by atoms with E-state index in [-0.39, 0.29) is 11.9 Å². The molecule has 6 nitrogen and oxygen atoms in total. The Labute approximate surface area is 130 Å². The predicted molar refractivity (Wildman–Crippen MR) is 77.7 cm³/mol. The summed E-state index contributed by atoms with van der Waals surface area (Å²) in [4.78, 5) is 19.2. The van der Waals surface area contributed by atoms with E-state index in [2.05, 4.69) is 10.1 Å². The Bertz CT molecular complexity index is 669. The van der Waals surface area contributed by atoms with Gasteiger partial charge in [0.05, 0.1) is 18.2 Å². The molecule has 21 heavy (non-hydrogen) atoms. The topological polar surface area (TPSA) is 68.5 Å². The summed E-state index contributed by atoms with van der Waals surface area (Å²) in [6, 6.07) is -0.370. The van der Waals surface area contributed by atoms with Gasteiger partial charge in [0.2, 0.25) is 0 Å². The molecule has 1 saturated heterocycles. The number of hydrogen-bond acceptors (Lipinski definition) is 6. The minimum absolute atomic E-state index is 0.123. The maximum Gasteiger partial charge on any atom is 0.266 e. The number of thiophene rings is 1. The average Bonchev–Trinajstić information content (AvgIpc) is 3.06. The highest BCUT2D eigenvalue weighted by Crippen LogP contribution is 2.32. The molecule has 0 aliphatic carbocycles. The highest BCUT2D eigenvalue weighted by Gasteiger charge is 2.34. The van der Waals surface area contributed by atoms with Crippen molar-refractivity contribution < 1.29 is 14.1 Å². The molecule has 0 spiro atoms. The molecule has 3 rings (SSSR count). The Kier molecular flexibility index (Phi) is 3.97. The quantitative estimate of drug-likeness (QED) is 0.848. The second-order valence-electron chi connectivity index (χ2n) is 4.83. The van der Waals surface area contributed by atoms with E-state index in [0.29, 0.717) is 41.4 Å². The summed E-state index contributed by atoms with van der Waals surface area (Å²) in [5.74, 6) is 0.806. The van der Waals surface area contributed by atoms with Crippen LogP contribution in [0.5, 0.6) is 0 Å². The van der Waals surface area contributed by atoms with Gasteiger partial charge in [-0.3, -0.25) is 4.79 Å². The van der Waals surface area contributed by atoms with Crippen LogP contribution in [0.15, 0.2) is 9.90 Å². The summed E-state index contributed by atoms with van der Waals surface area (Å²) in [5.41, 5.74) is 0.906. The molecule has 1 unspecified atom stereocenters. The first-order chi connectivity index (χ1) is 10.1. The van der Waals surface area contributed by atoms with Gasteiger partial charge in [0, 0.05) is 6.54 Å². The van der Waals surface area contributed by atoms with Crippen molar-refractivity contribution in [3.63, 3.8) is 0 Å². The van der Waals surface area contributed by atoms with Gasteiger partial charge in [0.25, 0.3) is 11.8 Å². The van der Waals surface area contributed by atoms with Crippen LogP contribution in [0.3, 0.4) is 0 Å². The van der Waals surface area contributed by atoms with Crippen molar-refractivity contribution >= 4 is 28.8 Å². The largest absolute Gasteiger partial charge is 0.377 e. The molecule has 0 bridgehead atoms. The molecule has 1 fully saturated rings. The van der Waals surface area contributed by atoms with Gasteiger partial charge < -0.3 is 14.2 Å². The normalized spacial score (nSPS) is 19.0. The SMILES string of the molecule is Cc1noc(C2COCCN2C(=O)c2scc(C)c2Cl)n1. The van der Waals surface area contributed by atoms with Crippen molar-refractivity contribution in [3.8, 4) is 0 Å². The van der Waals surface area contributed by atoms with Crippen LogP contribution in [0.2, 0.25) is 5.02 Å². The fourth-order valence-electron chi connectivity index (χ4n) is 2.20. The van der Waals surface area contributed by atoms with Crippen LogP contribution in [0.25, 0.3) is 0 Å². The van der Waals surface area contributed by atoms with Gasteiger partial charge in [0.1, 0.15) is 10.9 Å². The summed E-state index contributed by atoms with van der Waals surface area (Å²) < 4.78 is 10.6. The molecule has 1 aliphatic heterocycles. The number of carbonyl (C=O) groups is 1. The maximum atomic E-state index is 12.7. The highest BCUT2D eigenvalue weighted by molar-refractivity contribution is 7.13. The zero-order chi connectivity index (χ0) is 15.0. The average molecular weight is 328 g/mol. The molecule has 3 heterocycles. The van der Waals surface area contributed by atoms with Gasteiger partial charge in [-0.25, -0.2) is 0 Å². The van der Waals surface area contributed by atoms with Crippen molar-refractivity contribution in [2.75, 3.05) is 19.8 Å². The van der Waals surface area contributed by atoms with Gasteiger partial charge in [-0.05, 0) is 24.8 Å². The van der Waals surface area contributed by atoms with Crippen LogP contribution in [-0.4, -0.2) is 40.7 Å². The second kappa shape index (κ2) is 5.75. The van der Waals surface area contributed by atoms with E-state index >= 15 is 0 Å². The number of amides is 1. The summed E-state index contributed by atoms with van der Waals surface area (Å²) in [6.07, 6.45) is 0. The molecule has 2 aromatic heterocycles. The Hall–Kier alpha value is -1.44. The number of carbonyl (C=O) groups excluding carboxylic acids is 1. The van der Waals surface area contributed by atoms with E-state index in [1.54, 1.807) is 11.8 Å². The van der Waals surface area contributed by atoms with Gasteiger partial charge in [-0.15, -0.1) is 11.3 Å². The fraction of sp³-hybridized carbons (Fsp3) is 0.462. The fourth-order valence-corrected chi connectivity index (χ4v) is 3.43. The number of nitrogens with zero attached hydrogens (tertiary/aromatic N) is 3. The van der Waals surface area contributed by atoms with E-state index < -0.39 is 0 Å². The Morgan fingerprint density at radius 1 is 1.52 bits per heavy atom. The first-order valence-electron chi connectivity index (χ1n) is 6.50. The van der Waals surface area contributed by atoms with Crippen molar-refractivity contribution in [1.29, 1.82) is 0 Å². The zero-order valence-electron chi connectivity index (χ0n) is 11.6. The van der Waals surface area contributed by atoms with E-state index in [1.807, 2.05) is 12.3 Å². The van der Waals surface area contributed by atoms with Crippen LogP contribution >= 0.6 is 22.9 Å². The third kappa shape index (κ3) is 2.68. The van der Waals surface area contributed by atoms with Gasteiger partial charge in [0.15, 0.2) is 5.82 Å². The summed E-state index contributed by atoms with van der Waals surface area (Å²) >= 11 is 7.55. The molecule has 0 N–H and O–H groups in total. The van der Waals surface area contributed by atoms with Crippen LogP contribution < -0.4 is 0 Å². The van der Waals surface area contributed by atoms with Crippen LogP contribution in [0.1, 0.15) is 33.0 Å². The standard InChI is InChI=1S/C13H14ClN3O3S/c1-7-6-21-11(10(7)14)13(18)17-3-4-19-5-9(17)12-15-8(2)16-20-12/h6,9H,3-5H2,1-2H3. The molecule has 0 saturated carbocycles. The lowest BCUT2D eigenvalue weighted by atomic mass is 10.2. The first-order valence-corrected chi connectivity index (χ1v) is 7.76. The number of rotatable bonds is 2. The van der Waals surface area contributed by atoms with Crippen LogP contribution in [0.4, 0.5) is 0 Å². The molecule has 1 atom stereocenters. The van der Waals surface area contributed by atoms with Crippen molar-refractivity contribution in [2.45, 2.75) is 19.9 Å². The predicted octanol–water partition coefficient (Wildman–Crippen LogP) is 2.62. The van der Waals surface area contributed by atoms with Gasteiger partial charge >= 0.3 is 0 Å². The molecule has 0 aromatic carbocycles. The van der Waals surface area contributed by atoms with E-state index in [9.17, 15) is 4.79 Å². The van der Waals surface area contributed by atoms with E-state index in [1.165, 1.54) is 11.3 Å². The third-order valence-electron chi connectivity index (χ3n) is 3.31. The molecule has 1 amide bonds. The molecule has 0 radical (unpaired) electrons. The lowest BCUT2D eigenvalue weighted by molar-refractivity contribution is -0.0116. The lowest BCUT2D eigenvalue weighted by Crippen LogP contribution is -2.43. The number of halogens is 1. The first kappa shape index (κ1) is 14.5. The Morgan fingerprint density at radius 3 is 2.95 bits per heavy atom. The second-order valence-corrected chi connectivity index (χ2v) is 6.09. The van der Waals surface area contributed by atoms with Crippen molar-refractivity contribution in [1.82, 2.24) is 15.0 Å². The highest BCUT2D eigenvalue weighted by atomic mass is 35.5. The molecule has 1 aliphatic rings. The smallest absolute Gasteiger partial charge is 0.266 e. The summed E-state index contributed by atoms with van der Waals surface area (Å²) in [7, 11) is 0. The number of aryl methyl sites for hydroxylation is 2. The molecule has 112 valence electrons. The summed E-state index contributed by atoms with van der Waals surface area (Å²) in [5, 5.41) is 6.16. The zero-order valence-corrected chi connectivity index (χ0v) is 13.2. The summed E-state index contributed by atoms with van der Waals surface area (Å²) in [6.45, 7) is 4.92. The van der Waals surface area contributed by atoms with Gasteiger partial charge in [-0.2, -0.15) is 4.98 Å². The minimum atomic E-state index is -0.370. The molecular formula is C13H14ClN3O3S. The van der Waals surface area contributed by atoms with Crippen molar-refractivity contribution in [3.05, 3.63) is 32.6 Å². The number of aromatic nitrogens is 2. The molecule has 8 heteroatoms. The minimum Gasteiger partial charge on any atom is -0.377 e. The van der Waals surface area contributed by atoms with Crippen molar-refractivity contribution in [2.24, 2.45) is 0 Å². The number of morpholine rings is 1. The van der Waals surface area contributed by atoms with E-state index in [4.69, 9.17) is 20.9 Å². The number of hydrogen-bond donors (Lipinski definition) is 0. The lowest BCUT2D eigenvalue weighted by Gasteiger charge is -2.33. The Balaban J connectivity index is 1.91. The van der Waals surface area contributed by atoms with Gasteiger partial charge in [-0.1, -0.05) is 16.8 Å². The maximum absolute atomic E-state index is 12.7. The monoisotopic (exact) mass is 327 g/mol. The van der Waals surface area contributed by atoms with Crippen LogP contribution in [-0.2, 0) is 4.74 Å². The van der Waals surface area contributed by atoms with E-state index in [0.717, 1.165) is 5.56 Å². The third-order valence-corrected chi connectivity index (χ3v) is 5.00. The Morgan fingerprint density at radius 2 is 2.33 bits per heavy atom. The molecular weight excluding hydrogens is 314 g/mol.